The van der Waals surface area contributed by atoms with E-state index >= 15 is 0 Å². The van der Waals surface area contributed by atoms with Crippen LogP contribution in [0.3, 0.4) is 0 Å². The number of benzene rings is 2. The molecule has 3 heterocycles. The first-order valence-corrected chi connectivity index (χ1v) is 14.8. The van der Waals surface area contributed by atoms with Gasteiger partial charge < -0.3 is 10.6 Å². The molecule has 5 aromatic rings. The molecule has 0 fully saturated rings. The predicted octanol–water partition coefficient (Wildman–Crippen LogP) is 4.12. The van der Waals surface area contributed by atoms with E-state index in [1.807, 2.05) is 41.2 Å². The fraction of sp³-hybridized carbons (Fsp3) is 0.286. The molecule has 0 bridgehead atoms. The minimum atomic E-state index is -2.92. The number of unbranched alkanes of at least 4 members (excludes halogenated alkanes) is 1. The van der Waals surface area contributed by atoms with Crippen molar-refractivity contribution in [2.24, 2.45) is 0 Å². The van der Waals surface area contributed by atoms with Gasteiger partial charge in [0.15, 0.2) is 0 Å². The second-order valence-electron chi connectivity index (χ2n) is 9.44. The van der Waals surface area contributed by atoms with E-state index in [-0.39, 0.29) is 5.75 Å². The molecule has 0 radical (unpaired) electrons. The Morgan fingerprint density at radius 2 is 1.79 bits per heavy atom. The van der Waals surface area contributed by atoms with Crippen LogP contribution in [0.4, 0.5) is 11.5 Å². The standard InChI is InChI=1S/C28H31N7O2S/c1-38(36,37)14-13-29-12-6-5-9-23-16-25-26(18-30-23)31-20-32-28(25)34-24-10-11-27-22(15-24)17-33-35(27)19-21-7-3-2-4-8-21/h2-4,7-8,10-11,15-18,20,29H,5-6,9,12-14,19H2,1H3,(H,31,32,34). The van der Waals surface area contributed by atoms with Crippen molar-refractivity contribution in [1.29, 1.82) is 0 Å². The number of aromatic nitrogens is 5. The minimum Gasteiger partial charge on any atom is -0.340 e. The first-order valence-electron chi connectivity index (χ1n) is 12.7. The quantitative estimate of drug-likeness (QED) is 0.232. The number of anilines is 2. The Labute approximate surface area is 222 Å². The molecule has 0 amide bonds. The Balaban J connectivity index is 1.24. The summed E-state index contributed by atoms with van der Waals surface area (Å²) in [5.41, 5.74) is 4.97. The maximum absolute atomic E-state index is 11.2. The summed E-state index contributed by atoms with van der Waals surface area (Å²) in [4.78, 5) is 13.5. The van der Waals surface area contributed by atoms with Gasteiger partial charge in [0.25, 0.3) is 0 Å². The summed E-state index contributed by atoms with van der Waals surface area (Å²) < 4.78 is 24.4. The lowest BCUT2D eigenvalue weighted by Crippen LogP contribution is -2.23. The van der Waals surface area contributed by atoms with Crippen molar-refractivity contribution < 1.29 is 8.42 Å². The topological polar surface area (TPSA) is 115 Å². The van der Waals surface area contributed by atoms with E-state index in [1.54, 1.807) is 12.5 Å². The second-order valence-corrected chi connectivity index (χ2v) is 11.7. The van der Waals surface area contributed by atoms with Crippen LogP contribution < -0.4 is 10.6 Å². The zero-order chi connectivity index (χ0) is 26.4. The number of sulfone groups is 1. The van der Waals surface area contributed by atoms with Gasteiger partial charge in [-0.15, -0.1) is 0 Å². The summed E-state index contributed by atoms with van der Waals surface area (Å²) in [6.07, 6.45) is 9.20. The number of nitrogens with one attached hydrogen (secondary N) is 2. The number of fused-ring (bicyclic) bond motifs is 2. The van der Waals surface area contributed by atoms with Gasteiger partial charge >= 0.3 is 0 Å². The average Bonchev–Trinajstić information content (AvgIpc) is 3.30. The SMILES string of the molecule is CS(=O)(=O)CCNCCCCc1cc2c(Nc3ccc4c(cnn4Cc4ccccc4)c3)ncnc2cn1. The zero-order valence-corrected chi connectivity index (χ0v) is 22.2. The molecule has 38 heavy (non-hydrogen) atoms. The smallest absolute Gasteiger partial charge is 0.148 e. The van der Waals surface area contributed by atoms with E-state index in [2.05, 4.69) is 54.9 Å². The third-order valence-electron chi connectivity index (χ3n) is 6.34. The number of nitrogens with zero attached hydrogens (tertiary/aromatic N) is 5. The van der Waals surface area contributed by atoms with Gasteiger partial charge in [-0.25, -0.2) is 18.4 Å². The molecule has 0 saturated heterocycles. The number of aryl methyl sites for hydroxylation is 1. The molecule has 10 heteroatoms. The largest absolute Gasteiger partial charge is 0.340 e. The van der Waals surface area contributed by atoms with Crippen LogP contribution in [-0.4, -0.2) is 58.2 Å². The molecule has 0 atom stereocenters. The van der Waals surface area contributed by atoms with Crippen molar-refractivity contribution in [3.63, 3.8) is 0 Å². The lowest BCUT2D eigenvalue weighted by Gasteiger charge is -2.10. The average molecular weight is 530 g/mol. The first-order chi connectivity index (χ1) is 18.4. The zero-order valence-electron chi connectivity index (χ0n) is 21.3. The fourth-order valence-corrected chi connectivity index (χ4v) is 4.88. The number of hydrogen-bond acceptors (Lipinski definition) is 8. The molecule has 0 spiro atoms. The molecule has 5 rings (SSSR count). The summed E-state index contributed by atoms with van der Waals surface area (Å²) in [6, 6.07) is 18.5. The van der Waals surface area contributed by atoms with E-state index in [4.69, 9.17) is 0 Å². The summed E-state index contributed by atoms with van der Waals surface area (Å²) in [5.74, 6) is 0.898. The van der Waals surface area contributed by atoms with Gasteiger partial charge in [0.1, 0.15) is 22.0 Å². The Bertz CT molecular complexity index is 1640. The lowest BCUT2D eigenvalue weighted by atomic mass is 10.1. The molecule has 2 N–H and O–H groups in total. The number of rotatable bonds is 12. The Morgan fingerprint density at radius 1 is 0.921 bits per heavy atom. The van der Waals surface area contributed by atoms with Crippen LogP contribution in [0.5, 0.6) is 0 Å². The van der Waals surface area contributed by atoms with Crippen molar-refractivity contribution in [2.45, 2.75) is 25.8 Å². The molecule has 0 aliphatic rings. The van der Waals surface area contributed by atoms with Crippen LogP contribution in [0.2, 0.25) is 0 Å². The van der Waals surface area contributed by atoms with E-state index in [0.29, 0.717) is 6.54 Å². The van der Waals surface area contributed by atoms with Crippen molar-refractivity contribution in [2.75, 3.05) is 30.4 Å². The van der Waals surface area contributed by atoms with Gasteiger partial charge in [0.05, 0.1) is 35.7 Å². The molecule has 2 aromatic carbocycles. The van der Waals surface area contributed by atoms with Crippen LogP contribution in [0.25, 0.3) is 21.8 Å². The van der Waals surface area contributed by atoms with Crippen molar-refractivity contribution in [1.82, 2.24) is 30.0 Å². The third-order valence-corrected chi connectivity index (χ3v) is 7.29. The highest BCUT2D eigenvalue weighted by Gasteiger charge is 2.09. The van der Waals surface area contributed by atoms with E-state index in [0.717, 1.165) is 71.4 Å². The van der Waals surface area contributed by atoms with Gasteiger partial charge in [-0.1, -0.05) is 30.3 Å². The lowest BCUT2D eigenvalue weighted by molar-refractivity contribution is 0.592. The molecule has 196 valence electrons. The van der Waals surface area contributed by atoms with Gasteiger partial charge in [0, 0.05) is 35.0 Å². The van der Waals surface area contributed by atoms with Crippen LogP contribution in [-0.2, 0) is 22.8 Å². The van der Waals surface area contributed by atoms with Gasteiger partial charge in [-0.3, -0.25) is 9.67 Å². The van der Waals surface area contributed by atoms with E-state index < -0.39 is 9.84 Å². The van der Waals surface area contributed by atoms with Gasteiger partial charge in [-0.2, -0.15) is 5.10 Å². The fourth-order valence-electron chi connectivity index (χ4n) is 4.36. The summed E-state index contributed by atoms with van der Waals surface area (Å²) in [7, 11) is -2.92. The van der Waals surface area contributed by atoms with Crippen molar-refractivity contribution in [3.8, 4) is 0 Å². The molecule has 0 aliphatic carbocycles. The molecule has 0 saturated carbocycles. The maximum atomic E-state index is 11.2. The summed E-state index contributed by atoms with van der Waals surface area (Å²) in [6.45, 7) is 1.99. The van der Waals surface area contributed by atoms with Crippen LogP contribution in [0.15, 0.2) is 73.3 Å². The monoisotopic (exact) mass is 529 g/mol. The third kappa shape index (κ3) is 6.70. The van der Waals surface area contributed by atoms with Crippen molar-refractivity contribution >= 4 is 43.1 Å². The van der Waals surface area contributed by atoms with E-state index in [1.165, 1.54) is 11.8 Å². The second kappa shape index (κ2) is 11.7. The Kier molecular flexibility index (Phi) is 7.90. The summed E-state index contributed by atoms with van der Waals surface area (Å²) in [5, 5.41) is 13.2. The predicted molar refractivity (Wildman–Crippen MR) is 151 cm³/mol. The van der Waals surface area contributed by atoms with Crippen LogP contribution >= 0.6 is 0 Å². The Hall–Kier alpha value is -3.89. The highest BCUT2D eigenvalue weighted by Crippen LogP contribution is 2.26. The Morgan fingerprint density at radius 3 is 2.63 bits per heavy atom. The number of pyridine rings is 1. The van der Waals surface area contributed by atoms with E-state index in [9.17, 15) is 8.42 Å². The molecule has 0 unspecified atom stereocenters. The number of hydrogen-bond donors (Lipinski definition) is 2. The van der Waals surface area contributed by atoms with Gasteiger partial charge in [-0.05, 0) is 55.6 Å². The molecular formula is C28H31N7O2S. The normalized spacial score (nSPS) is 11.8. The van der Waals surface area contributed by atoms with Crippen molar-refractivity contribution in [3.05, 3.63) is 84.6 Å². The molecule has 3 aromatic heterocycles. The molecular weight excluding hydrogens is 498 g/mol. The maximum Gasteiger partial charge on any atom is 0.148 e. The highest BCUT2D eigenvalue weighted by atomic mass is 32.2. The van der Waals surface area contributed by atoms with Crippen LogP contribution in [0, 0.1) is 0 Å². The minimum absolute atomic E-state index is 0.165. The molecule has 0 aliphatic heterocycles. The van der Waals surface area contributed by atoms with Gasteiger partial charge in [0.2, 0.25) is 0 Å². The van der Waals surface area contributed by atoms with Crippen LogP contribution in [0.1, 0.15) is 24.1 Å². The summed E-state index contributed by atoms with van der Waals surface area (Å²) >= 11 is 0. The first kappa shape index (κ1) is 25.7. The molecule has 9 nitrogen and oxygen atoms in total. The highest BCUT2D eigenvalue weighted by molar-refractivity contribution is 7.90.